The number of carbonyl (C=O) groups is 1. The number of hydrogen-bond donors (Lipinski definition) is 1. The van der Waals surface area contributed by atoms with E-state index < -0.39 is 0 Å². The Hall–Kier alpha value is -2.28. The molecule has 20 heavy (non-hydrogen) atoms. The summed E-state index contributed by atoms with van der Waals surface area (Å²) in [6.45, 7) is 3.01. The molecular weight excluding hydrogens is 258 g/mol. The molecule has 1 aliphatic rings. The zero-order valence-corrected chi connectivity index (χ0v) is 11.1. The van der Waals surface area contributed by atoms with Gasteiger partial charge in [-0.2, -0.15) is 0 Å². The molecule has 1 amide bonds. The van der Waals surface area contributed by atoms with E-state index in [0.29, 0.717) is 24.8 Å². The Labute approximate surface area is 116 Å². The molecule has 0 saturated carbocycles. The summed E-state index contributed by atoms with van der Waals surface area (Å²) in [6, 6.07) is 0. The molecule has 7 nitrogen and oxygen atoms in total. The lowest BCUT2D eigenvalue weighted by atomic mass is 10.1. The minimum Gasteiger partial charge on any atom is -0.381 e. The monoisotopic (exact) mass is 273 g/mol. The highest BCUT2D eigenvalue weighted by atomic mass is 16.5. The number of nitrogens with zero attached hydrogens (tertiary/aromatic N) is 4. The van der Waals surface area contributed by atoms with Gasteiger partial charge in [-0.15, -0.1) is 0 Å². The normalized spacial score (nSPS) is 18.1. The van der Waals surface area contributed by atoms with Crippen LogP contribution in [0.1, 0.15) is 12.2 Å². The topological polar surface area (TPSA) is 81.9 Å². The first-order chi connectivity index (χ1) is 9.74. The van der Waals surface area contributed by atoms with Gasteiger partial charge in [0.1, 0.15) is 5.82 Å². The van der Waals surface area contributed by atoms with Gasteiger partial charge in [0.05, 0.1) is 30.6 Å². The van der Waals surface area contributed by atoms with Crippen LogP contribution in [-0.4, -0.2) is 38.6 Å². The van der Waals surface area contributed by atoms with E-state index in [9.17, 15) is 4.79 Å². The van der Waals surface area contributed by atoms with E-state index in [2.05, 4.69) is 20.3 Å². The second-order valence-electron chi connectivity index (χ2n) is 4.67. The highest BCUT2D eigenvalue weighted by Gasteiger charge is 2.23. The molecule has 3 rings (SSSR count). The summed E-state index contributed by atoms with van der Waals surface area (Å²) in [7, 11) is 0. The van der Waals surface area contributed by atoms with Gasteiger partial charge in [0, 0.05) is 19.0 Å². The lowest BCUT2D eigenvalue weighted by Gasteiger charge is -2.09. The molecule has 2 aromatic heterocycles. The van der Waals surface area contributed by atoms with Gasteiger partial charge in [0.15, 0.2) is 0 Å². The maximum atomic E-state index is 11.9. The Kier molecular flexibility index (Phi) is 3.42. The number of amides is 1. The van der Waals surface area contributed by atoms with E-state index in [-0.39, 0.29) is 11.8 Å². The van der Waals surface area contributed by atoms with Crippen molar-refractivity contribution in [2.24, 2.45) is 5.92 Å². The average molecular weight is 273 g/mol. The minimum absolute atomic E-state index is 0.0438. The van der Waals surface area contributed by atoms with Crippen molar-refractivity contribution in [3.8, 4) is 5.95 Å². The van der Waals surface area contributed by atoms with Gasteiger partial charge in [0.2, 0.25) is 11.9 Å². The fourth-order valence-electron chi connectivity index (χ4n) is 2.09. The minimum atomic E-state index is -0.0782. The second-order valence-corrected chi connectivity index (χ2v) is 4.67. The predicted octanol–water partition coefficient (Wildman–Crippen LogP) is 0.946. The van der Waals surface area contributed by atoms with E-state index >= 15 is 0 Å². The highest BCUT2D eigenvalue weighted by molar-refractivity contribution is 5.92. The van der Waals surface area contributed by atoms with Crippen LogP contribution in [0.2, 0.25) is 0 Å². The molecule has 2 aromatic rings. The van der Waals surface area contributed by atoms with Crippen molar-refractivity contribution in [1.29, 1.82) is 0 Å². The van der Waals surface area contributed by atoms with E-state index in [1.165, 1.54) is 0 Å². The summed E-state index contributed by atoms with van der Waals surface area (Å²) in [5.41, 5.74) is 0.586. The Bertz CT molecular complexity index is 601. The molecule has 1 aliphatic heterocycles. The standard InChI is InChI=1S/C13H15N5O2/c1-9-14-3-4-18(9)13-15-6-11(7-16-13)17-12(19)10-2-5-20-8-10/h3-4,6-7,10H,2,5,8H2,1H3,(H,17,19). The van der Waals surface area contributed by atoms with Crippen LogP contribution in [-0.2, 0) is 9.53 Å². The Morgan fingerprint density at radius 1 is 1.40 bits per heavy atom. The van der Waals surface area contributed by atoms with Crippen molar-refractivity contribution in [2.45, 2.75) is 13.3 Å². The van der Waals surface area contributed by atoms with Gasteiger partial charge < -0.3 is 10.1 Å². The first-order valence-electron chi connectivity index (χ1n) is 6.45. The van der Waals surface area contributed by atoms with Crippen molar-refractivity contribution in [3.05, 3.63) is 30.6 Å². The number of rotatable bonds is 3. The van der Waals surface area contributed by atoms with Crippen molar-refractivity contribution in [3.63, 3.8) is 0 Å². The van der Waals surface area contributed by atoms with Gasteiger partial charge in [0.25, 0.3) is 0 Å². The van der Waals surface area contributed by atoms with Gasteiger partial charge >= 0.3 is 0 Å². The molecule has 7 heteroatoms. The largest absolute Gasteiger partial charge is 0.381 e. The van der Waals surface area contributed by atoms with E-state index in [0.717, 1.165) is 12.2 Å². The predicted molar refractivity (Wildman–Crippen MR) is 71.4 cm³/mol. The molecule has 3 heterocycles. The highest BCUT2D eigenvalue weighted by Crippen LogP contribution is 2.15. The van der Waals surface area contributed by atoms with Crippen molar-refractivity contribution >= 4 is 11.6 Å². The fraction of sp³-hybridized carbons (Fsp3) is 0.385. The molecule has 0 bridgehead atoms. The maximum absolute atomic E-state index is 11.9. The van der Waals surface area contributed by atoms with Crippen LogP contribution in [0.5, 0.6) is 0 Å². The van der Waals surface area contributed by atoms with Crippen molar-refractivity contribution in [2.75, 3.05) is 18.5 Å². The molecule has 0 aromatic carbocycles. The van der Waals surface area contributed by atoms with Gasteiger partial charge in [-0.3, -0.25) is 9.36 Å². The van der Waals surface area contributed by atoms with Crippen LogP contribution in [0.25, 0.3) is 5.95 Å². The van der Waals surface area contributed by atoms with Crippen molar-refractivity contribution < 1.29 is 9.53 Å². The Morgan fingerprint density at radius 2 is 2.20 bits per heavy atom. The number of anilines is 1. The number of carbonyl (C=O) groups excluding carboxylic acids is 1. The summed E-state index contributed by atoms with van der Waals surface area (Å²) in [5, 5.41) is 2.80. The summed E-state index contributed by atoms with van der Waals surface area (Å²) in [4.78, 5) is 24.5. The van der Waals surface area contributed by atoms with E-state index in [1.807, 2.05) is 6.92 Å². The lowest BCUT2D eigenvalue weighted by molar-refractivity contribution is -0.119. The zero-order chi connectivity index (χ0) is 13.9. The first kappa shape index (κ1) is 12.7. The Morgan fingerprint density at radius 3 is 2.80 bits per heavy atom. The third-order valence-electron chi connectivity index (χ3n) is 3.25. The fourth-order valence-corrected chi connectivity index (χ4v) is 2.09. The smallest absolute Gasteiger partial charge is 0.235 e. The summed E-state index contributed by atoms with van der Waals surface area (Å²) in [5.74, 6) is 1.22. The molecule has 1 unspecified atom stereocenters. The lowest BCUT2D eigenvalue weighted by Crippen LogP contribution is -2.23. The molecular formula is C13H15N5O2. The molecule has 1 N–H and O–H groups in total. The molecule has 0 aliphatic carbocycles. The molecule has 1 fully saturated rings. The Balaban J connectivity index is 1.70. The number of aromatic nitrogens is 4. The number of aryl methyl sites for hydroxylation is 1. The summed E-state index contributed by atoms with van der Waals surface area (Å²) in [6.07, 6.45) is 7.43. The molecule has 1 saturated heterocycles. The summed E-state index contributed by atoms with van der Waals surface area (Å²) < 4.78 is 6.97. The van der Waals surface area contributed by atoms with E-state index in [4.69, 9.17) is 4.74 Å². The van der Waals surface area contributed by atoms with Gasteiger partial charge in [-0.25, -0.2) is 15.0 Å². The third-order valence-corrected chi connectivity index (χ3v) is 3.25. The molecule has 1 atom stereocenters. The molecule has 0 spiro atoms. The quantitative estimate of drug-likeness (QED) is 0.900. The van der Waals surface area contributed by atoms with Crippen LogP contribution in [0.4, 0.5) is 5.69 Å². The van der Waals surface area contributed by atoms with E-state index in [1.54, 1.807) is 29.4 Å². The third kappa shape index (κ3) is 2.53. The van der Waals surface area contributed by atoms with Crippen LogP contribution in [0, 0.1) is 12.8 Å². The SMILES string of the molecule is Cc1nccn1-c1ncc(NC(=O)C2CCOC2)cn1. The number of imidazole rings is 1. The summed E-state index contributed by atoms with van der Waals surface area (Å²) >= 11 is 0. The van der Waals surface area contributed by atoms with Crippen LogP contribution in [0.3, 0.4) is 0 Å². The van der Waals surface area contributed by atoms with Crippen molar-refractivity contribution in [1.82, 2.24) is 19.5 Å². The number of ether oxygens (including phenoxy) is 1. The van der Waals surface area contributed by atoms with Crippen LogP contribution in [0.15, 0.2) is 24.8 Å². The molecule has 104 valence electrons. The molecule has 0 radical (unpaired) electrons. The maximum Gasteiger partial charge on any atom is 0.235 e. The number of hydrogen-bond acceptors (Lipinski definition) is 5. The van der Waals surface area contributed by atoms with Crippen LogP contribution >= 0.6 is 0 Å². The second kappa shape index (κ2) is 5.38. The van der Waals surface area contributed by atoms with Gasteiger partial charge in [-0.1, -0.05) is 0 Å². The first-order valence-corrected chi connectivity index (χ1v) is 6.45. The van der Waals surface area contributed by atoms with Gasteiger partial charge in [-0.05, 0) is 13.3 Å². The van der Waals surface area contributed by atoms with Crippen LogP contribution < -0.4 is 5.32 Å². The number of nitrogens with one attached hydrogen (secondary N) is 1. The zero-order valence-electron chi connectivity index (χ0n) is 11.1. The average Bonchev–Trinajstić information content (AvgIpc) is 3.11.